The summed E-state index contributed by atoms with van der Waals surface area (Å²) < 4.78 is 26.9. The van der Waals surface area contributed by atoms with Gasteiger partial charge >= 0.3 is 0 Å². The summed E-state index contributed by atoms with van der Waals surface area (Å²) in [5, 5.41) is 3.08. The highest BCUT2D eigenvalue weighted by Crippen LogP contribution is 2.25. The van der Waals surface area contributed by atoms with E-state index < -0.39 is 10.0 Å². The molecule has 3 N–H and O–H groups in total. The van der Waals surface area contributed by atoms with Crippen molar-refractivity contribution in [2.75, 3.05) is 25.0 Å². The molecule has 1 aromatic heterocycles. The molecular weight excluding hydrogens is 380 g/mol. The van der Waals surface area contributed by atoms with Crippen LogP contribution in [0.2, 0.25) is 0 Å². The number of hydrogen-bond donors (Lipinski definition) is 2. The average molecular weight is 409 g/mol. The first-order valence-electron chi connectivity index (χ1n) is 9.01. The first-order valence-corrected chi connectivity index (χ1v) is 11.3. The molecule has 1 aromatic carbocycles. The Hall–Kier alpha value is -1.90. The van der Waals surface area contributed by atoms with Gasteiger partial charge in [0, 0.05) is 36.6 Å². The Balaban J connectivity index is 1.96. The monoisotopic (exact) mass is 408 g/mol. The highest BCUT2D eigenvalue weighted by molar-refractivity contribution is 7.91. The summed E-state index contributed by atoms with van der Waals surface area (Å²) in [5.41, 5.74) is 9.27. The third kappa shape index (κ3) is 5.54. The number of benzene rings is 1. The van der Waals surface area contributed by atoms with Crippen molar-refractivity contribution < 1.29 is 8.42 Å². The summed E-state index contributed by atoms with van der Waals surface area (Å²) in [6.45, 7) is 9.23. The molecule has 0 atom stereocenters. The molecule has 6 nitrogen and oxygen atoms in total. The van der Waals surface area contributed by atoms with Crippen LogP contribution in [-0.4, -0.2) is 38.3 Å². The maximum atomic E-state index is 12.5. The number of anilines is 1. The standard InChI is InChI=1S/C19H28N4O2S2/c1-5-23(6-2)27(24,25)18-10-9-17(26-18)11-12-21-19(20)22-16-8-7-14(3)15(4)13-16/h7-10,13H,5-6,11-12H2,1-4H3,(H3,20,21,22). The van der Waals surface area contributed by atoms with Gasteiger partial charge in [-0.3, -0.25) is 4.99 Å². The molecule has 0 aliphatic carbocycles. The number of hydrogen-bond acceptors (Lipinski definition) is 4. The highest BCUT2D eigenvalue weighted by Gasteiger charge is 2.23. The van der Waals surface area contributed by atoms with Gasteiger partial charge in [-0.05, 0) is 49.2 Å². The predicted molar refractivity (Wildman–Crippen MR) is 114 cm³/mol. The molecular formula is C19H28N4O2S2. The van der Waals surface area contributed by atoms with Gasteiger partial charge in [0.15, 0.2) is 5.96 Å². The molecule has 0 aliphatic rings. The van der Waals surface area contributed by atoms with Gasteiger partial charge < -0.3 is 11.1 Å². The minimum atomic E-state index is -3.39. The molecule has 0 fully saturated rings. The average Bonchev–Trinajstić information content (AvgIpc) is 3.09. The Morgan fingerprint density at radius 1 is 1.15 bits per heavy atom. The number of rotatable bonds is 8. The lowest BCUT2D eigenvalue weighted by Gasteiger charge is -2.16. The third-order valence-corrected chi connectivity index (χ3v) is 8.02. The lowest BCUT2D eigenvalue weighted by Crippen LogP contribution is -2.29. The Labute approximate surface area is 166 Å². The zero-order valence-corrected chi connectivity index (χ0v) is 18.0. The van der Waals surface area contributed by atoms with E-state index in [1.807, 2.05) is 38.1 Å². The molecule has 8 heteroatoms. The maximum Gasteiger partial charge on any atom is 0.252 e. The van der Waals surface area contributed by atoms with Gasteiger partial charge in [-0.15, -0.1) is 11.3 Å². The van der Waals surface area contributed by atoms with Gasteiger partial charge in [0.05, 0.1) is 0 Å². The molecule has 0 radical (unpaired) electrons. The minimum absolute atomic E-state index is 0.353. The Kier molecular flexibility index (Phi) is 7.41. The van der Waals surface area contributed by atoms with Crippen LogP contribution in [-0.2, 0) is 16.4 Å². The summed E-state index contributed by atoms with van der Waals surface area (Å²) in [6, 6.07) is 9.56. The number of nitrogens with one attached hydrogen (secondary N) is 1. The number of thiophene rings is 1. The van der Waals surface area contributed by atoms with Crippen LogP contribution in [0.3, 0.4) is 0 Å². The second-order valence-corrected chi connectivity index (χ2v) is 9.58. The van der Waals surface area contributed by atoms with Crippen LogP contribution in [0.5, 0.6) is 0 Å². The van der Waals surface area contributed by atoms with Crippen LogP contribution in [0.15, 0.2) is 39.5 Å². The van der Waals surface area contributed by atoms with E-state index in [0.29, 0.717) is 36.2 Å². The molecule has 0 aliphatic heterocycles. The Bertz CT molecular complexity index is 900. The fourth-order valence-corrected chi connectivity index (χ4v) is 5.57. The van der Waals surface area contributed by atoms with E-state index in [2.05, 4.69) is 24.2 Å². The van der Waals surface area contributed by atoms with Gasteiger partial charge in [0.25, 0.3) is 10.0 Å². The van der Waals surface area contributed by atoms with Crippen LogP contribution >= 0.6 is 11.3 Å². The maximum absolute atomic E-state index is 12.5. The molecule has 1 heterocycles. The zero-order valence-electron chi connectivity index (χ0n) is 16.3. The lowest BCUT2D eigenvalue weighted by molar-refractivity contribution is 0.447. The zero-order chi connectivity index (χ0) is 20.0. The highest BCUT2D eigenvalue weighted by atomic mass is 32.2. The Morgan fingerprint density at radius 3 is 2.48 bits per heavy atom. The quantitative estimate of drug-likeness (QED) is 0.518. The number of nitrogens with zero attached hydrogens (tertiary/aromatic N) is 2. The van der Waals surface area contributed by atoms with Crippen LogP contribution in [0, 0.1) is 13.8 Å². The first-order chi connectivity index (χ1) is 12.8. The largest absolute Gasteiger partial charge is 0.370 e. The summed E-state index contributed by atoms with van der Waals surface area (Å²) in [5.74, 6) is 0.353. The van der Waals surface area contributed by atoms with Crippen molar-refractivity contribution in [3.8, 4) is 0 Å². The van der Waals surface area contributed by atoms with Crippen LogP contribution in [0.1, 0.15) is 29.9 Å². The number of aliphatic imine (C=N–C) groups is 1. The molecule has 0 bridgehead atoms. The van der Waals surface area contributed by atoms with E-state index in [1.165, 1.54) is 26.8 Å². The molecule has 0 saturated carbocycles. The topological polar surface area (TPSA) is 87.8 Å². The van der Waals surface area contributed by atoms with Crippen molar-refractivity contribution >= 4 is 33.0 Å². The SMILES string of the molecule is CCN(CC)S(=O)(=O)c1ccc(CCN=C(N)Nc2ccc(C)c(C)c2)s1. The second kappa shape index (κ2) is 9.34. The first kappa shape index (κ1) is 21.4. The van der Waals surface area contributed by atoms with E-state index in [1.54, 1.807) is 6.07 Å². The fraction of sp³-hybridized carbons (Fsp3) is 0.421. The van der Waals surface area contributed by atoms with E-state index in [4.69, 9.17) is 5.73 Å². The molecule has 148 valence electrons. The lowest BCUT2D eigenvalue weighted by atomic mass is 10.1. The van der Waals surface area contributed by atoms with Crippen molar-refractivity contribution in [2.45, 2.75) is 38.3 Å². The molecule has 0 amide bonds. The van der Waals surface area contributed by atoms with E-state index >= 15 is 0 Å². The fourth-order valence-electron chi connectivity index (χ4n) is 2.62. The van der Waals surface area contributed by atoms with Crippen molar-refractivity contribution in [2.24, 2.45) is 10.7 Å². The number of nitrogens with two attached hydrogens (primary N) is 1. The predicted octanol–water partition coefficient (Wildman–Crippen LogP) is 3.36. The summed E-state index contributed by atoms with van der Waals surface area (Å²) in [7, 11) is -3.39. The van der Waals surface area contributed by atoms with Crippen molar-refractivity contribution in [3.05, 3.63) is 46.3 Å². The second-order valence-electron chi connectivity index (χ2n) is 6.25. The molecule has 0 saturated heterocycles. The summed E-state index contributed by atoms with van der Waals surface area (Å²) in [6.07, 6.45) is 0.647. The molecule has 0 unspecified atom stereocenters. The Morgan fingerprint density at radius 2 is 1.85 bits per heavy atom. The van der Waals surface area contributed by atoms with Gasteiger partial charge in [-0.2, -0.15) is 4.31 Å². The van der Waals surface area contributed by atoms with E-state index in [-0.39, 0.29) is 0 Å². The molecule has 0 spiro atoms. The number of sulfonamides is 1. The van der Waals surface area contributed by atoms with Crippen molar-refractivity contribution in [3.63, 3.8) is 0 Å². The van der Waals surface area contributed by atoms with Gasteiger partial charge in [-0.25, -0.2) is 8.42 Å². The molecule has 27 heavy (non-hydrogen) atoms. The molecule has 2 aromatic rings. The van der Waals surface area contributed by atoms with Gasteiger partial charge in [-0.1, -0.05) is 19.9 Å². The van der Waals surface area contributed by atoms with Gasteiger partial charge in [0.2, 0.25) is 0 Å². The van der Waals surface area contributed by atoms with Crippen molar-refractivity contribution in [1.29, 1.82) is 0 Å². The minimum Gasteiger partial charge on any atom is -0.370 e. The summed E-state index contributed by atoms with van der Waals surface area (Å²) >= 11 is 1.30. The van der Waals surface area contributed by atoms with Crippen LogP contribution < -0.4 is 11.1 Å². The smallest absolute Gasteiger partial charge is 0.252 e. The molecule has 2 rings (SSSR count). The number of guanidine groups is 1. The third-order valence-electron chi connectivity index (χ3n) is 4.36. The van der Waals surface area contributed by atoms with E-state index in [9.17, 15) is 8.42 Å². The van der Waals surface area contributed by atoms with Crippen LogP contribution in [0.4, 0.5) is 5.69 Å². The van der Waals surface area contributed by atoms with E-state index in [0.717, 1.165) is 10.6 Å². The van der Waals surface area contributed by atoms with Gasteiger partial charge in [0.1, 0.15) is 4.21 Å². The summed E-state index contributed by atoms with van der Waals surface area (Å²) in [4.78, 5) is 5.31. The van der Waals surface area contributed by atoms with Crippen molar-refractivity contribution in [1.82, 2.24) is 4.31 Å². The van der Waals surface area contributed by atoms with Crippen LogP contribution in [0.25, 0.3) is 0 Å². The normalized spacial score (nSPS) is 12.6. The number of aryl methyl sites for hydroxylation is 2.